The van der Waals surface area contributed by atoms with E-state index < -0.39 is 0 Å². The van der Waals surface area contributed by atoms with Crippen molar-refractivity contribution in [2.45, 2.75) is 18.9 Å². The van der Waals surface area contributed by atoms with E-state index in [1.54, 1.807) is 6.07 Å². The van der Waals surface area contributed by atoms with Gasteiger partial charge in [-0.3, -0.25) is 0 Å². The molecule has 23 heavy (non-hydrogen) atoms. The van der Waals surface area contributed by atoms with E-state index in [4.69, 9.17) is 22.1 Å². The summed E-state index contributed by atoms with van der Waals surface area (Å²) in [6.07, 6.45) is 3.84. The minimum absolute atomic E-state index is 0.285. The lowest BCUT2D eigenvalue weighted by Crippen LogP contribution is -2.01. The minimum Gasteiger partial charge on any atom is -0.489 e. The maximum atomic E-state index is 6.29. The average Bonchev–Trinajstić information content (AvgIpc) is 3.20. The Morgan fingerprint density at radius 1 is 1.22 bits per heavy atom. The molecule has 3 N–H and O–H groups in total. The number of nitrogens with two attached hydrogens (primary N) is 1. The second-order valence-corrected chi connectivity index (χ2v) is 5.59. The highest BCUT2D eigenvalue weighted by Crippen LogP contribution is 2.36. The summed E-state index contributed by atoms with van der Waals surface area (Å²) in [5, 5.41) is 14.2. The van der Waals surface area contributed by atoms with Gasteiger partial charge >= 0.3 is 0 Å². The highest BCUT2D eigenvalue weighted by atomic mass is 35.5. The first kappa shape index (κ1) is 13.9. The first-order valence-corrected chi connectivity index (χ1v) is 7.41. The van der Waals surface area contributed by atoms with Gasteiger partial charge in [-0.15, -0.1) is 10.2 Å². The highest BCUT2D eigenvalue weighted by Gasteiger charge is 2.24. The first-order chi connectivity index (χ1) is 11.2. The molecule has 0 aliphatic heterocycles. The van der Waals surface area contributed by atoms with Crippen LogP contribution < -0.4 is 10.5 Å². The monoisotopic (exact) mass is 329 g/mol. The lowest BCUT2D eigenvalue weighted by Gasteiger charge is -2.10. The zero-order valence-corrected chi connectivity index (χ0v) is 12.7. The quantitative estimate of drug-likeness (QED) is 0.752. The molecule has 2 aromatic heterocycles. The molecule has 0 bridgehead atoms. The van der Waals surface area contributed by atoms with Crippen LogP contribution in [0.1, 0.15) is 12.8 Å². The highest BCUT2D eigenvalue weighted by molar-refractivity contribution is 6.32. The fourth-order valence-corrected chi connectivity index (χ4v) is 2.40. The van der Waals surface area contributed by atoms with Crippen molar-refractivity contribution < 1.29 is 4.74 Å². The lowest BCUT2D eigenvalue weighted by molar-refractivity contribution is 0.303. The van der Waals surface area contributed by atoms with E-state index in [0.29, 0.717) is 33.7 Å². The molecule has 1 saturated carbocycles. The number of H-pyrrole nitrogens is 1. The number of benzene rings is 1. The number of nitrogen functional groups attached to an aromatic ring is 1. The maximum absolute atomic E-state index is 6.29. The normalized spacial score (nSPS) is 14.0. The van der Waals surface area contributed by atoms with Crippen LogP contribution in [0.5, 0.6) is 5.75 Å². The number of anilines is 1. The molecular formula is C14H12ClN7O. The number of ether oxygens (including phenoxy) is 1. The van der Waals surface area contributed by atoms with Crippen molar-refractivity contribution in [3.05, 3.63) is 29.5 Å². The predicted octanol–water partition coefficient (Wildman–Crippen LogP) is 2.10. The second kappa shape index (κ2) is 5.47. The SMILES string of the molecule is Nc1c(-c2ccc(OC3CC3)c(Cl)c2)ncnc1-c1nn[nH]n1. The molecule has 1 fully saturated rings. The van der Waals surface area contributed by atoms with Crippen LogP contribution in [0.3, 0.4) is 0 Å². The summed E-state index contributed by atoms with van der Waals surface area (Å²) in [7, 11) is 0. The molecule has 0 amide bonds. The molecular weight excluding hydrogens is 318 g/mol. The number of aromatic amines is 1. The van der Waals surface area contributed by atoms with E-state index in [9.17, 15) is 0 Å². The van der Waals surface area contributed by atoms with E-state index in [1.807, 2.05) is 12.1 Å². The van der Waals surface area contributed by atoms with E-state index >= 15 is 0 Å². The average molecular weight is 330 g/mol. The zero-order valence-electron chi connectivity index (χ0n) is 11.9. The van der Waals surface area contributed by atoms with Gasteiger partial charge in [0.1, 0.15) is 17.8 Å². The van der Waals surface area contributed by atoms with Gasteiger partial charge in [0, 0.05) is 5.56 Å². The van der Waals surface area contributed by atoms with Crippen LogP contribution in [0, 0.1) is 0 Å². The van der Waals surface area contributed by atoms with E-state index in [-0.39, 0.29) is 6.10 Å². The largest absolute Gasteiger partial charge is 0.489 e. The smallest absolute Gasteiger partial charge is 0.225 e. The molecule has 0 radical (unpaired) electrons. The maximum Gasteiger partial charge on any atom is 0.225 e. The summed E-state index contributed by atoms with van der Waals surface area (Å²) in [5.41, 5.74) is 8.26. The standard InChI is InChI=1S/C14H12ClN7O/c15-9-5-7(1-4-10(9)23-8-2-3-8)12-11(16)13(18-6-17-12)14-19-21-22-20-14/h1,4-6,8H,2-3,16H2,(H,19,20,21,22). The van der Waals surface area contributed by atoms with Gasteiger partial charge in [0.2, 0.25) is 5.82 Å². The molecule has 1 aromatic carbocycles. The van der Waals surface area contributed by atoms with Gasteiger partial charge in [0.25, 0.3) is 0 Å². The second-order valence-electron chi connectivity index (χ2n) is 5.18. The number of hydrogen-bond acceptors (Lipinski definition) is 7. The summed E-state index contributed by atoms with van der Waals surface area (Å²) < 4.78 is 5.73. The number of nitrogens with one attached hydrogen (secondary N) is 1. The Labute approximate surface area is 136 Å². The Balaban J connectivity index is 1.73. The number of halogens is 1. The van der Waals surface area contributed by atoms with Gasteiger partial charge in [-0.05, 0) is 36.3 Å². The van der Waals surface area contributed by atoms with Crippen LogP contribution in [-0.4, -0.2) is 36.7 Å². The summed E-state index contributed by atoms with van der Waals surface area (Å²) in [6.45, 7) is 0. The molecule has 0 spiro atoms. The van der Waals surface area contributed by atoms with Crippen molar-refractivity contribution in [2.75, 3.05) is 5.73 Å². The summed E-state index contributed by atoms with van der Waals surface area (Å²) in [6, 6.07) is 5.46. The van der Waals surface area contributed by atoms with Gasteiger partial charge in [-0.1, -0.05) is 11.6 Å². The van der Waals surface area contributed by atoms with E-state index in [0.717, 1.165) is 18.4 Å². The van der Waals surface area contributed by atoms with Gasteiger partial charge in [0.05, 0.1) is 22.5 Å². The third-order valence-corrected chi connectivity index (χ3v) is 3.76. The van der Waals surface area contributed by atoms with Gasteiger partial charge in [-0.2, -0.15) is 5.21 Å². The number of rotatable bonds is 4. The van der Waals surface area contributed by atoms with E-state index in [2.05, 4.69) is 30.6 Å². The van der Waals surface area contributed by atoms with Crippen LogP contribution in [0.15, 0.2) is 24.5 Å². The molecule has 1 aliphatic rings. The Hall–Kier alpha value is -2.74. The van der Waals surface area contributed by atoms with Crippen molar-refractivity contribution in [2.24, 2.45) is 0 Å². The molecule has 1 aliphatic carbocycles. The fourth-order valence-electron chi connectivity index (χ4n) is 2.18. The lowest BCUT2D eigenvalue weighted by atomic mass is 10.1. The van der Waals surface area contributed by atoms with Crippen LogP contribution >= 0.6 is 11.6 Å². The number of tetrazole rings is 1. The third-order valence-electron chi connectivity index (χ3n) is 3.46. The zero-order chi connectivity index (χ0) is 15.8. The van der Waals surface area contributed by atoms with Crippen molar-refractivity contribution in [1.29, 1.82) is 0 Å². The Morgan fingerprint density at radius 3 is 2.74 bits per heavy atom. The molecule has 116 valence electrons. The van der Waals surface area contributed by atoms with Gasteiger partial charge in [-0.25, -0.2) is 9.97 Å². The molecule has 9 heteroatoms. The van der Waals surface area contributed by atoms with Crippen molar-refractivity contribution >= 4 is 17.3 Å². The number of nitrogens with zero attached hydrogens (tertiary/aromatic N) is 5. The molecule has 2 heterocycles. The molecule has 0 atom stereocenters. The van der Waals surface area contributed by atoms with Gasteiger partial charge < -0.3 is 10.5 Å². The summed E-state index contributed by atoms with van der Waals surface area (Å²) in [5.74, 6) is 0.981. The number of aromatic nitrogens is 6. The first-order valence-electron chi connectivity index (χ1n) is 7.03. The molecule has 4 rings (SSSR count). The van der Waals surface area contributed by atoms with Gasteiger partial charge in [0.15, 0.2) is 0 Å². The van der Waals surface area contributed by atoms with Crippen LogP contribution in [-0.2, 0) is 0 Å². The Bertz CT molecular complexity index is 848. The fraction of sp³-hybridized carbons (Fsp3) is 0.214. The molecule has 0 saturated heterocycles. The van der Waals surface area contributed by atoms with Crippen LogP contribution in [0.25, 0.3) is 22.8 Å². The Kier molecular flexibility index (Phi) is 3.30. The summed E-state index contributed by atoms with van der Waals surface area (Å²) in [4.78, 5) is 8.36. The van der Waals surface area contributed by atoms with Crippen LogP contribution in [0.2, 0.25) is 5.02 Å². The predicted molar refractivity (Wildman–Crippen MR) is 83.7 cm³/mol. The molecule has 3 aromatic rings. The van der Waals surface area contributed by atoms with Crippen molar-refractivity contribution in [1.82, 2.24) is 30.6 Å². The molecule has 8 nitrogen and oxygen atoms in total. The third kappa shape index (κ3) is 2.68. The summed E-state index contributed by atoms with van der Waals surface area (Å²) >= 11 is 6.29. The topological polar surface area (TPSA) is 115 Å². The minimum atomic E-state index is 0.285. The number of hydrogen-bond donors (Lipinski definition) is 2. The Morgan fingerprint density at radius 2 is 2.04 bits per heavy atom. The van der Waals surface area contributed by atoms with Crippen molar-refractivity contribution in [3.63, 3.8) is 0 Å². The van der Waals surface area contributed by atoms with Crippen molar-refractivity contribution in [3.8, 4) is 28.5 Å². The van der Waals surface area contributed by atoms with E-state index in [1.165, 1.54) is 6.33 Å². The van der Waals surface area contributed by atoms with Crippen LogP contribution in [0.4, 0.5) is 5.69 Å². The molecule has 0 unspecified atom stereocenters.